The molecule has 0 aliphatic heterocycles. The van der Waals surface area contributed by atoms with Crippen molar-refractivity contribution in [2.24, 2.45) is 0 Å². The van der Waals surface area contributed by atoms with Crippen molar-refractivity contribution >= 4 is 37.3 Å². The summed E-state index contributed by atoms with van der Waals surface area (Å²) in [5.74, 6) is 0. The average molecular weight is 349 g/mol. The predicted octanol–water partition coefficient (Wildman–Crippen LogP) is 2.68. The van der Waals surface area contributed by atoms with Crippen LogP contribution in [-0.4, -0.2) is 18.3 Å². The van der Waals surface area contributed by atoms with Crippen LogP contribution in [0, 0.1) is 10.1 Å². The number of nitrogens with zero attached hydrogens (tertiary/aromatic N) is 2. The fourth-order valence-electron chi connectivity index (χ4n) is 2.00. The maximum atomic E-state index is 12.2. The van der Waals surface area contributed by atoms with E-state index in [1.165, 1.54) is 29.5 Å². The summed E-state index contributed by atoms with van der Waals surface area (Å²) in [6.45, 7) is 0.0321. The number of nitrogens with one attached hydrogen (secondary N) is 1. The number of hydrogen-bond donors (Lipinski definition) is 1. The van der Waals surface area contributed by atoms with Crippen LogP contribution in [-0.2, 0) is 16.6 Å². The quantitative estimate of drug-likeness (QED) is 0.563. The zero-order chi connectivity index (χ0) is 16.4. The van der Waals surface area contributed by atoms with E-state index in [0.717, 1.165) is 16.3 Å². The third-order valence-corrected chi connectivity index (χ3v) is 5.53. The topological polar surface area (TPSA) is 102 Å². The van der Waals surface area contributed by atoms with E-state index >= 15 is 0 Å². The smallest absolute Gasteiger partial charge is 0.258 e. The first kappa shape index (κ1) is 15.5. The second-order valence-corrected chi connectivity index (χ2v) is 7.54. The van der Waals surface area contributed by atoms with E-state index < -0.39 is 14.9 Å². The van der Waals surface area contributed by atoms with Crippen molar-refractivity contribution in [2.45, 2.75) is 11.4 Å². The van der Waals surface area contributed by atoms with Crippen LogP contribution < -0.4 is 4.72 Å². The van der Waals surface area contributed by atoms with Gasteiger partial charge in [-0.05, 0) is 18.2 Å². The average Bonchev–Trinajstić information content (AvgIpc) is 2.96. The second kappa shape index (κ2) is 6.03. The van der Waals surface area contributed by atoms with E-state index in [2.05, 4.69) is 9.71 Å². The van der Waals surface area contributed by atoms with Gasteiger partial charge in [0, 0.05) is 12.1 Å². The number of sulfonamides is 1. The third kappa shape index (κ3) is 3.36. The van der Waals surface area contributed by atoms with Gasteiger partial charge in [0.05, 0.1) is 26.6 Å². The van der Waals surface area contributed by atoms with Crippen molar-refractivity contribution in [1.29, 1.82) is 0 Å². The van der Waals surface area contributed by atoms with Crippen molar-refractivity contribution in [3.8, 4) is 0 Å². The minimum atomic E-state index is -3.84. The molecule has 0 amide bonds. The summed E-state index contributed by atoms with van der Waals surface area (Å²) in [4.78, 5) is 14.3. The van der Waals surface area contributed by atoms with Crippen LogP contribution in [0.5, 0.6) is 0 Å². The van der Waals surface area contributed by atoms with Crippen molar-refractivity contribution < 1.29 is 13.3 Å². The Bertz CT molecular complexity index is 949. The van der Waals surface area contributed by atoms with Gasteiger partial charge in [0.25, 0.3) is 5.69 Å². The third-order valence-electron chi connectivity index (χ3n) is 3.09. The highest BCUT2D eigenvalue weighted by atomic mass is 32.2. The van der Waals surface area contributed by atoms with Crippen molar-refractivity contribution in [3.63, 3.8) is 0 Å². The molecule has 23 heavy (non-hydrogen) atoms. The van der Waals surface area contributed by atoms with E-state index in [9.17, 15) is 18.5 Å². The molecule has 0 fully saturated rings. The van der Waals surface area contributed by atoms with Crippen LogP contribution in [0.3, 0.4) is 0 Å². The summed E-state index contributed by atoms with van der Waals surface area (Å²) in [5.41, 5.74) is 0.537. The first-order valence-electron chi connectivity index (χ1n) is 6.54. The highest BCUT2D eigenvalue weighted by molar-refractivity contribution is 7.89. The molecule has 0 atom stereocenters. The Morgan fingerprint density at radius 2 is 1.96 bits per heavy atom. The van der Waals surface area contributed by atoms with Gasteiger partial charge in [-0.2, -0.15) is 0 Å². The molecule has 3 rings (SSSR count). The number of thiazole rings is 1. The molecule has 9 heteroatoms. The Kier molecular flexibility index (Phi) is 4.07. The molecule has 0 saturated carbocycles. The summed E-state index contributed by atoms with van der Waals surface area (Å²) < 4.78 is 27.9. The van der Waals surface area contributed by atoms with Gasteiger partial charge in [0.2, 0.25) is 10.0 Å². The molecular weight excluding hydrogens is 338 g/mol. The normalized spacial score (nSPS) is 11.7. The molecule has 0 aliphatic carbocycles. The molecule has 1 aromatic heterocycles. The number of nitro groups is 1. The zero-order valence-corrected chi connectivity index (χ0v) is 13.3. The predicted molar refractivity (Wildman–Crippen MR) is 86.7 cm³/mol. The molecule has 1 N–H and O–H groups in total. The lowest BCUT2D eigenvalue weighted by molar-refractivity contribution is -0.385. The van der Waals surface area contributed by atoms with E-state index in [-0.39, 0.29) is 17.1 Å². The van der Waals surface area contributed by atoms with Crippen LogP contribution in [0.4, 0.5) is 5.69 Å². The van der Waals surface area contributed by atoms with Crippen LogP contribution in [0.25, 0.3) is 10.2 Å². The van der Waals surface area contributed by atoms with Crippen LogP contribution >= 0.6 is 11.3 Å². The monoisotopic (exact) mass is 349 g/mol. The molecule has 0 spiro atoms. The SMILES string of the molecule is O=[N+]([O-])c1cccc(S(=O)(=O)NCc2nc3ccccc3s2)c1. The number of non-ortho nitro benzene ring substituents is 1. The van der Waals surface area contributed by atoms with Gasteiger partial charge in [-0.1, -0.05) is 18.2 Å². The molecular formula is C14H11N3O4S2. The fraction of sp³-hybridized carbons (Fsp3) is 0.0714. The highest BCUT2D eigenvalue weighted by Crippen LogP contribution is 2.22. The number of para-hydroxylation sites is 1. The van der Waals surface area contributed by atoms with Gasteiger partial charge >= 0.3 is 0 Å². The Balaban J connectivity index is 1.81. The molecule has 0 aliphatic rings. The van der Waals surface area contributed by atoms with Crippen LogP contribution in [0.15, 0.2) is 53.4 Å². The van der Waals surface area contributed by atoms with Gasteiger partial charge in [-0.3, -0.25) is 10.1 Å². The van der Waals surface area contributed by atoms with Crippen LogP contribution in [0.1, 0.15) is 5.01 Å². The number of rotatable bonds is 5. The van der Waals surface area contributed by atoms with E-state index in [4.69, 9.17) is 0 Å². The summed E-state index contributed by atoms with van der Waals surface area (Å²) in [6.07, 6.45) is 0. The molecule has 0 radical (unpaired) electrons. The van der Waals surface area contributed by atoms with Crippen molar-refractivity contribution in [1.82, 2.24) is 9.71 Å². The molecule has 0 bridgehead atoms. The lowest BCUT2D eigenvalue weighted by Gasteiger charge is -2.04. The second-order valence-electron chi connectivity index (χ2n) is 4.65. The number of hydrogen-bond acceptors (Lipinski definition) is 6. The van der Waals surface area contributed by atoms with Gasteiger partial charge in [0.15, 0.2) is 0 Å². The lowest BCUT2D eigenvalue weighted by atomic mass is 10.3. The molecule has 118 valence electrons. The molecule has 1 heterocycles. The maximum Gasteiger partial charge on any atom is 0.270 e. The summed E-state index contributed by atoms with van der Waals surface area (Å²) in [6, 6.07) is 12.4. The number of benzene rings is 2. The lowest BCUT2D eigenvalue weighted by Crippen LogP contribution is -2.23. The first-order valence-corrected chi connectivity index (χ1v) is 8.84. The maximum absolute atomic E-state index is 12.2. The minimum absolute atomic E-state index is 0.0321. The molecule has 0 unspecified atom stereocenters. The van der Waals surface area contributed by atoms with Gasteiger partial charge in [-0.15, -0.1) is 11.3 Å². The van der Waals surface area contributed by atoms with Gasteiger partial charge < -0.3 is 0 Å². The Morgan fingerprint density at radius 1 is 1.17 bits per heavy atom. The number of fused-ring (bicyclic) bond motifs is 1. The van der Waals surface area contributed by atoms with E-state index in [1.54, 1.807) is 0 Å². The summed E-state index contributed by atoms with van der Waals surface area (Å²) in [5, 5.41) is 11.4. The molecule has 7 nitrogen and oxygen atoms in total. The number of aromatic nitrogens is 1. The van der Waals surface area contributed by atoms with Crippen LogP contribution in [0.2, 0.25) is 0 Å². The Hall–Kier alpha value is -2.36. The van der Waals surface area contributed by atoms with Crippen molar-refractivity contribution in [3.05, 3.63) is 63.7 Å². The first-order chi connectivity index (χ1) is 11.0. The number of nitro benzene ring substituents is 1. The minimum Gasteiger partial charge on any atom is -0.258 e. The molecule has 3 aromatic rings. The Morgan fingerprint density at radius 3 is 2.70 bits per heavy atom. The standard InChI is InChI=1S/C14H11N3O4S2/c18-17(19)10-4-3-5-11(8-10)23(20,21)15-9-14-16-12-6-1-2-7-13(12)22-14/h1-8,15H,9H2. The molecule has 2 aromatic carbocycles. The molecule has 0 saturated heterocycles. The highest BCUT2D eigenvalue weighted by Gasteiger charge is 2.18. The fourth-order valence-corrected chi connectivity index (χ4v) is 4.03. The summed E-state index contributed by atoms with van der Waals surface area (Å²) in [7, 11) is -3.84. The summed E-state index contributed by atoms with van der Waals surface area (Å²) >= 11 is 1.39. The Labute approximate surface area is 135 Å². The zero-order valence-electron chi connectivity index (χ0n) is 11.7. The van der Waals surface area contributed by atoms with E-state index in [0.29, 0.717) is 5.01 Å². The van der Waals surface area contributed by atoms with E-state index in [1.807, 2.05) is 24.3 Å². The van der Waals surface area contributed by atoms with Crippen molar-refractivity contribution in [2.75, 3.05) is 0 Å². The van der Waals surface area contributed by atoms with Gasteiger partial charge in [-0.25, -0.2) is 18.1 Å². The van der Waals surface area contributed by atoms with Gasteiger partial charge in [0.1, 0.15) is 5.01 Å². The largest absolute Gasteiger partial charge is 0.270 e.